The molecule has 1 aromatic carbocycles. The molecule has 1 aromatic rings. The monoisotopic (exact) mass is 267 g/mol. The Morgan fingerprint density at radius 2 is 2.11 bits per heavy atom. The van der Waals surface area contributed by atoms with Crippen molar-refractivity contribution in [2.45, 2.75) is 6.04 Å². The second-order valence-electron chi connectivity index (χ2n) is 4.84. The molecule has 1 heterocycles. The zero-order valence-corrected chi connectivity index (χ0v) is 11.6. The van der Waals surface area contributed by atoms with Crippen molar-refractivity contribution in [3.63, 3.8) is 0 Å². The van der Waals surface area contributed by atoms with E-state index in [1.54, 1.807) is 14.2 Å². The molecule has 0 aromatic heterocycles. The SMILES string of the molecule is CNC(c1ccc(OC)cc1OC)C1(CO)COC1. The maximum Gasteiger partial charge on any atom is 0.127 e. The molecule has 0 aliphatic carbocycles. The van der Waals surface area contributed by atoms with Gasteiger partial charge < -0.3 is 24.6 Å². The quantitative estimate of drug-likeness (QED) is 0.804. The zero-order chi connectivity index (χ0) is 13.9. The van der Waals surface area contributed by atoms with Gasteiger partial charge in [-0.2, -0.15) is 0 Å². The molecule has 5 nitrogen and oxygen atoms in total. The second kappa shape index (κ2) is 5.77. The fraction of sp³-hybridized carbons (Fsp3) is 0.571. The molecule has 0 bridgehead atoms. The number of aliphatic hydroxyl groups excluding tert-OH is 1. The lowest BCUT2D eigenvalue weighted by molar-refractivity contribution is -0.155. The van der Waals surface area contributed by atoms with E-state index < -0.39 is 0 Å². The minimum Gasteiger partial charge on any atom is -0.497 e. The van der Waals surface area contributed by atoms with Crippen LogP contribution in [0.2, 0.25) is 0 Å². The number of aliphatic hydroxyl groups is 1. The van der Waals surface area contributed by atoms with Gasteiger partial charge in [-0.25, -0.2) is 0 Å². The molecule has 106 valence electrons. The van der Waals surface area contributed by atoms with Gasteiger partial charge >= 0.3 is 0 Å². The van der Waals surface area contributed by atoms with Crippen LogP contribution in [-0.4, -0.2) is 46.2 Å². The highest BCUT2D eigenvalue weighted by molar-refractivity contribution is 5.43. The number of nitrogens with one attached hydrogen (secondary N) is 1. The Morgan fingerprint density at radius 3 is 2.53 bits per heavy atom. The van der Waals surface area contributed by atoms with E-state index in [1.165, 1.54) is 0 Å². The van der Waals surface area contributed by atoms with E-state index in [-0.39, 0.29) is 18.1 Å². The Hall–Kier alpha value is -1.30. The van der Waals surface area contributed by atoms with Crippen LogP contribution >= 0.6 is 0 Å². The molecule has 0 amide bonds. The first kappa shape index (κ1) is 14.1. The molecule has 1 fully saturated rings. The van der Waals surface area contributed by atoms with E-state index >= 15 is 0 Å². The number of hydrogen-bond donors (Lipinski definition) is 2. The van der Waals surface area contributed by atoms with Crippen molar-refractivity contribution in [1.29, 1.82) is 0 Å². The Balaban J connectivity index is 2.37. The van der Waals surface area contributed by atoms with Gasteiger partial charge in [0.1, 0.15) is 11.5 Å². The van der Waals surface area contributed by atoms with E-state index in [2.05, 4.69) is 5.32 Å². The van der Waals surface area contributed by atoms with Gasteiger partial charge in [0, 0.05) is 17.7 Å². The second-order valence-corrected chi connectivity index (χ2v) is 4.84. The number of rotatable bonds is 6. The van der Waals surface area contributed by atoms with Crippen LogP contribution in [0.25, 0.3) is 0 Å². The Morgan fingerprint density at radius 1 is 1.37 bits per heavy atom. The van der Waals surface area contributed by atoms with E-state index in [4.69, 9.17) is 14.2 Å². The predicted molar refractivity (Wildman–Crippen MR) is 71.7 cm³/mol. The number of methoxy groups -OCH3 is 2. The standard InChI is InChI=1S/C14H21NO4/c1-15-13(14(7-16)8-19-9-14)11-5-4-10(17-2)6-12(11)18-3/h4-6,13,15-16H,7-9H2,1-3H3. The first-order valence-corrected chi connectivity index (χ1v) is 6.28. The van der Waals surface area contributed by atoms with E-state index in [0.29, 0.717) is 13.2 Å². The molecule has 0 radical (unpaired) electrons. The highest BCUT2D eigenvalue weighted by Crippen LogP contribution is 2.43. The summed E-state index contributed by atoms with van der Waals surface area (Å²) in [5, 5.41) is 12.9. The minimum atomic E-state index is -0.281. The molecule has 2 rings (SSSR count). The van der Waals surface area contributed by atoms with Crippen molar-refractivity contribution < 1.29 is 19.3 Å². The van der Waals surface area contributed by atoms with Crippen LogP contribution in [0, 0.1) is 5.41 Å². The molecule has 1 atom stereocenters. The number of ether oxygens (including phenoxy) is 3. The molecule has 19 heavy (non-hydrogen) atoms. The van der Waals surface area contributed by atoms with Crippen LogP contribution < -0.4 is 14.8 Å². The summed E-state index contributed by atoms with van der Waals surface area (Å²) in [5.74, 6) is 1.50. The third-order valence-corrected chi connectivity index (χ3v) is 3.75. The fourth-order valence-corrected chi connectivity index (χ4v) is 2.56. The fourth-order valence-electron chi connectivity index (χ4n) is 2.56. The van der Waals surface area contributed by atoms with Crippen LogP contribution in [-0.2, 0) is 4.74 Å². The number of benzene rings is 1. The summed E-state index contributed by atoms with van der Waals surface area (Å²) < 4.78 is 15.9. The molecule has 2 N–H and O–H groups in total. The normalized spacial score (nSPS) is 18.5. The van der Waals surface area contributed by atoms with Gasteiger partial charge in [0.15, 0.2) is 0 Å². The third-order valence-electron chi connectivity index (χ3n) is 3.75. The minimum absolute atomic E-state index is 0.0212. The van der Waals surface area contributed by atoms with Crippen LogP contribution in [0.4, 0.5) is 0 Å². The van der Waals surface area contributed by atoms with E-state index in [9.17, 15) is 5.11 Å². The summed E-state index contributed by atoms with van der Waals surface area (Å²) in [6, 6.07) is 5.69. The van der Waals surface area contributed by atoms with Gasteiger partial charge in [0.2, 0.25) is 0 Å². The molecular weight excluding hydrogens is 246 g/mol. The first-order valence-electron chi connectivity index (χ1n) is 6.28. The van der Waals surface area contributed by atoms with Crippen molar-refractivity contribution in [3.05, 3.63) is 23.8 Å². The molecule has 0 saturated carbocycles. The summed E-state index contributed by atoms with van der Waals surface area (Å²) in [4.78, 5) is 0. The lowest BCUT2D eigenvalue weighted by Gasteiger charge is -2.46. The van der Waals surface area contributed by atoms with Gasteiger partial charge in [-0.1, -0.05) is 6.07 Å². The first-order chi connectivity index (χ1) is 9.20. The average molecular weight is 267 g/mol. The Bertz CT molecular complexity index is 426. The van der Waals surface area contributed by atoms with Crippen molar-refractivity contribution >= 4 is 0 Å². The summed E-state index contributed by atoms with van der Waals surface area (Å²) >= 11 is 0. The van der Waals surface area contributed by atoms with Gasteiger partial charge in [-0.3, -0.25) is 0 Å². The largest absolute Gasteiger partial charge is 0.497 e. The van der Waals surface area contributed by atoms with Crippen molar-refractivity contribution in [3.8, 4) is 11.5 Å². The lowest BCUT2D eigenvalue weighted by atomic mass is 9.75. The van der Waals surface area contributed by atoms with Gasteiger partial charge in [-0.15, -0.1) is 0 Å². The van der Waals surface area contributed by atoms with Crippen molar-refractivity contribution in [2.75, 3.05) is 41.1 Å². The molecule has 0 spiro atoms. The van der Waals surface area contributed by atoms with Gasteiger partial charge in [-0.05, 0) is 13.1 Å². The maximum absolute atomic E-state index is 9.68. The molecule has 1 unspecified atom stereocenters. The van der Waals surface area contributed by atoms with Gasteiger partial charge in [0.25, 0.3) is 0 Å². The maximum atomic E-state index is 9.68. The summed E-state index contributed by atoms with van der Waals surface area (Å²) in [7, 11) is 5.14. The number of hydrogen-bond acceptors (Lipinski definition) is 5. The zero-order valence-electron chi connectivity index (χ0n) is 11.6. The average Bonchev–Trinajstić information content (AvgIpc) is 2.42. The van der Waals surface area contributed by atoms with Gasteiger partial charge in [0.05, 0.1) is 39.5 Å². The van der Waals surface area contributed by atoms with E-state index in [0.717, 1.165) is 17.1 Å². The predicted octanol–water partition coefficient (Wildman–Crippen LogP) is 0.973. The topological polar surface area (TPSA) is 60.0 Å². The van der Waals surface area contributed by atoms with E-state index in [1.807, 2.05) is 25.2 Å². The smallest absolute Gasteiger partial charge is 0.127 e. The molecular formula is C14H21NO4. The highest BCUT2D eigenvalue weighted by atomic mass is 16.5. The Kier molecular flexibility index (Phi) is 4.29. The summed E-state index contributed by atoms with van der Waals surface area (Å²) in [6.45, 7) is 1.17. The van der Waals surface area contributed by atoms with Crippen LogP contribution in [0.3, 0.4) is 0 Å². The summed E-state index contributed by atoms with van der Waals surface area (Å²) in [5.41, 5.74) is 0.722. The van der Waals surface area contributed by atoms with Crippen LogP contribution in [0.5, 0.6) is 11.5 Å². The highest BCUT2D eigenvalue weighted by Gasteiger charge is 2.46. The van der Waals surface area contributed by atoms with Crippen molar-refractivity contribution in [2.24, 2.45) is 5.41 Å². The van der Waals surface area contributed by atoms with Crippen molar-refractivity contribution in [1.82, 2.24) is 5.32 Å². The molecule has 1 saturated heterocycles. The Labute approximate surface area is 113 Å². The molecule has 1 aliphatic heterocycles. The molecule has 1 aliphatic rings. The van der Waals surface area contributed by atoms with Crippen LogP contribution in [0.1, 0.15) is 11.6 Å². The molecule has 5 heteroatoms. The van der Waals surface area contributed by atoms with Crippen LogP contribution in [0.15, 0.2) is 18.2 Å². The third kappa shape index (κ3) is 2.41. The summed E-state index contributed by atoms with van der Waals surface area (Å²) in [6.07, 6.45) is 0. The lowest BCUT2D eigenvalue weighted by Crippen LogP contribution is -2.53.